The molecule has 0 saturated heterocycles. The number of aryl methyl sites for hydroxylation is 1. The molecule has 0 amide bonds. The number of phenols is 2. The van der Waals surface area contributed by atoms with Gasteiger partial charge in [0, 0.05) is 24.8 Å². The van der Waals surface area contributed by atoms with Gasteiger partial charge in [0.05, 0.1) is 5.69 Å². The Morgan fingerprint density at radius 3 is 2.78 bits per heavy atom. The SMILES string of the molecule is Cc1nccc(CNCc2cccc(O)c2O)n1. The van der Waals surface area contributed by atoms with Crippen molar-refractivity contribution < 1.29 is 10.2 Å². The Kier molecular flexibility index (Phi) is 3.74. The number of rotatable bonds is 4. The van der Waals surface area contributed by atoms with Gasteiger partial charge in [-0.1, -0.05) is 12.1 Å². The third kappa shape index (κ3) is 2.95. The highest BCUT2D eigenvalue weighted by Crippen LogP contribution is 2.27. The molecule has 0 bridgehead atoms. The quantitative estimate of drug-likeness (QED) is 0.711. The molecule has 0 radical (unpaired) electrons. The van der Waals surface area contributed by atoms with Crippen molar-refractivity contribution in [2.45, 2.75) is 20.0 Å². The van der Waals surface area contributed by atoms with E-state index in [-0.39, 0.29) is 11.5 Å². The Morgan fingerprint density at radius 1 is 1.17 bits per heavy atom. The number of phenolic OH excluding ortho intramolecular Hbond substituents is 2. The first-order valence-electron chi connectivity index (χ1n) is 5.66. The maximum atomic E-state index is 9.62. The van der Waals surface area contributed by atoms with E-state index in [0.717, 1.165) is 11.5 Å². The molecule has 0 fully saturated rings. The Labute approximate surface area is 105 Å². The Hall–Kier alpha value is -2.14. The zero-order valence-electron chi connectivity index (χ0n) is 10.1. The van der Waals surface area contributed by atoms with Gasteiger partial charge in [-0.05, 0) is 19.1 Å². The molecule has 0 saturated carbocycles. The summed E-state index contributed by atoms with van der Waals surface area (Å²) >= 11 is 0. The minimum Gasteiger partial charge on any atom is -0.504 e. The standard InChI is InChI=1S/C13H15N3O2/c1-9-15-6-5-11(16-9)8-14-7-10-3-2-4-12(17)13(10)18/h2-6,14,17-18H,7-8H2,1H3. The summed E-state index contributed by atoms with van der Waals surface area (Å²) in [5.41, 5.74) is 1.54. The second-order valence-corrected chi connectivity index (χ2v) is 3.98. The average molecular weight is 245 g/mol. The molecule has 5 heteroatoms. The molecule has 0 atom stereocenters. The van der Waals surface area contributed by atoms with Crippen LogP contribution in [-0.4, -0.2) is 20.2 Å². The van der Waals surface area contributed by atoms with Crippen LogP contribution < -0.4 is 5.32 Å². The fourth-order valence-corrected chi connectivity index (χ4v) is 1.65. The van der Waals surface area contributed by atoms with Crippen molar-refractivity contribution in [3.8, 4) is 11.5 Å². The van der Waals surface area contributed by atoms with Crippen molar-refractivity contribution in [3.05, 3.63) is 47.5 Å². The predicted molar refractivity (Wildman–Crippen MR) is 67.1 cm³/mol. The molecule has 1 aromatic carbocycles. The van der Waals surface area contributed by atoms with Gasteiger partial charge < -0.3 is 15.5 Å². The number of hydrogen-bond donors (Lipinski definition) is 3. The van der Waals surface area contributed by atoms with Crippen molar-refractivity contribution in [3.63, 3.8) is 0 Å². The van der Waals surface area contributed by atoms with Gasteiger partial charge in [0.1, 0.15) is 5.82 Å². The van der Waals surface area contributed by atoms with Crippen LogP contribution in [0.5, 0.6) is 11.5 Å². The fourth-order valence-electron chi connectivity index (χ4n) is 1.65. The minimum absolute atomic E-state index is 0.0798. The molecule has 18 heavy (non-hydrogen) atoms. The van der Waals surface area contributed by atoms with Crippen LogP contribution in [0.1, 0.15) is 17.1 Å². The largest absolute Gasteiger partial charge is 0.504 e. The van der Waals surface area contributed by atoms with E-state index < -0.39 is 0 Å². The lowest BCUT2D eigenvalue weighted by Crippen LogP contribution is -2.14. The van der Waals surface area contributed by atoms with Gasteiger partial charge in [0.15, 0.2) is 11.5 Å². The lowest BCUT2D eigenvalue weighted by molar-refractivity contribution is 0.397. The van der Waals surface area contributed by atoms with Crippen LogP contribution >= 0.6 is 0 Å². The number of para-hydroxylation sites is 1. The topological polar surface area (TPSA) is 78.3 Å². The van der Waals surface area contributed by atoms with Gasteiger partial charge in [-0.15, -0.1) is 0 Å². The number of nitrogens with one attached hydrogen (secondary N) is 1. The molecule has 0 aliphatic heterocycles. The van der Waals surface area contributed by atoms with Gasteiger partial charge in [0.2, 0.25) is 0 Å². The van der Waals surface area contributed by atoms with E-state index in [1.54, 1.807) is 18.3 Å². The van der Waals surface area contributed by atoms with E-state index in [2.05, 4.69) is 15.3 Å². The molecule has 2 aromatic rings. The molecular formula is C13H15N3O2. The van der Waals surface area contributed by atoms with Crippen LogP contribution in [0.25, 0.3) is 0 Å². The molecule has 1 aromatic heterocycles. The number of benzene rings is 1. The number of nitrogens with zero attached hydrogens (tertiary/aromatic N) is 2. The van der Waals surface area contributed by atoms with E-state index in [1.807, 2.05) is 13.0 Å². The number of aromatic nitrogens is 2. The second kappa shape index (κ2) is 5.46. The van der Waals surface area contributed by atoms with Crippen molar-refractivity contribution in [1.29, 1.82) is 0 Å². The van der Waals surface area contributed by atoms with E-state index >= 15 is 0 Å². The molecule has 94 valence electrons. The Morgan fingerprint density at radius 2 is 2.00 bits per heavy atom. The Balaban J connectivity index is 1.94. The average Bonchev–Trinajstić information content (AvgIpc) is 2.35. The van der Waals surface area contributed by atoms with Crippen LogP contribution in [0.15, 0.2) is 30.5 Å². The van der Waals surface area contributed by atoms with E-state index in [9.17, 15) is 10.2 Å². The number of hydrogen-bond acceptors (Lipinski definition) is 5. The van der Waals surface area contributed by atoms with Crippen molar-refractivity contribution in [2.24, 2.45) is 0 Å². The second-order valence-electron chi connectivity index (χ2n) is 3.98. The lowest BCUT2D eigenvalue weighted by atomic mass is 10.2. The maximum absolute atomic E-state index is 9.62. The van der Waals surface area contributed by atoms with Gasteiger partial charge in [-0.2, -0.15) is 0 Å². The van der Waals surface area contributed by atoms with Gasteiger partial charge in [0.25, 0.3) is 0 Å². The zero-order chi connectivity index (χ0) is 13.0. The van der Waals surface area contributed by atoms with Crippen LogP contribution in [0, 0.1) is 6.92 Å². The summed E-state index contributed by atoms with van der Waals surface area (Å²) in [4.78, 5) is 8.28. The molecule has 0 unspecified atom stereocenters. The third-order valence-electron chi connectivity index (χ3n) is 2.55. The summed E-state index contributed by atoms with van der Waals surface area (Å²) in [6.45, 7) is 2.88. The molecule has 0 aliphatic carbocycles. The molecule has 1 heterocycles. The van der Waals surface area contributed by atoms with Crippen molar-refractivity contribution >= 4 is 0 Å². The minimum atomic E-state index is -0.104. The lowest BCUT2D eigenvalue weighted by Gasteiger charge is -2.07. The van der Waals surface area contributed by atoms with E-state index in [1.165, 1.54) is 6.07 Å². The van der Waals surface area contributed by atoms with Crippen molar-refractivity contribution in [1.82, 2.24) is 15.3 Å². The van der Waals surface area contributed by atoms with Gasteiger partial charge in [-0.25, -0.2) is 9.97 Å². The van der Waals surface area contributed by atoms with Crippen LogP contribution in [0.4, 0.5) is 0 Å². The summed E-state index contributed by atoms with van der Waals surface area (Å²) < 4.78 is 0. The highest BCUT2D eigenvalue weighted by atomic mass is 16.3. The summed E-state index contributed by atoms with van der Waals surface area (Å²) in [7, 11) is 0. The molecular weight excluding hydrogens is 230 g/mol. The molecule has 3 N–H and O–H groups in total. The zero-order valence-corrected chi connectivity index (χ0v) is 10.1. The van der Waals surface area contributed by atoms with Gasteiger partial charge >= 0.3 is 0 Å². The van der Waals surface area contributed by atoms with Crippen LogP contribution in [0.3, 0.4) is 0 Å². The normalized spacial score (nSPS) is 10.5. The summed E-state index contributed by atoms with van der Waals surface area (Å²) in [6, 6.07) is 6.74. The molecule has 0 aliphatic rings. The highest BCUT2D eigenvalue weighted by molar-refractivity contribution is 5.44. The highest BCUT2D eigenvalue weighted by Gasteiger charge is 2.05. The van der Waals surface area contributed by atoms with Crippen molar-refractivity contribution in [2.75, 3.05) is 0 Å². The van der Waals surface area contributed by atoms with Gasteiger partial charge in [-0.3, -0.25) is 0 Å². The summed E-state index contributed by atoms with van der Waals surface area (Å²) in [6.07, 6.45) is 1.71. The fraction of sp³-hybridized carbons (Fsp3) is 0.231. The van der Waals surface area contributed by atoms with E-state index in [4.69, 9.17) is 0 Å². The molecule has 2 rings (SSSR count). The first-order chi connectivity index (χ1) is 8.66. The van der Waals surface area contributed by atoms with Crippen LogP contribution in [-0.2, 0) is 13.1 Å². The maximum Gasteiger partial charge on any atom is 0.161 e. The number of aromatic hydroxyl groups is 2. The molecule has 5 nitrogen and oxygen atoms in total. The molecule has 0 spiro atoms. The Bertz CT molecular complexity index is 544. The smallest absolute Gasteiger partial charge is 0.161 e. The van der Waals surface area contributed by atoms with Crippen LogP contribution in [0.2, 0.25) is 0 Å². The first-order valence-corrected chi connectivity index (χ1v) is 5.66. The third-order valence-corrected chi connectivity index (χ3v) is 2.55. The monoisotopic (exact) mass is 245 g/mol. The summed E-state index contributed by atoms with van der Waals surface area (Å²) in [5, 5.41) is 22.1. The first kappa shape index (κ1) is 12.3. The predicted octanol–water partition coefficient (Wildman–Crippen LogP) is 1.49. The van der Waals surface area contributed by atoms with E-state index in [0.29, 0.717) is 18.7 Å². The summed E-state index contributed by atoms with van der Waals surface area (Å²) in [5.74, 6) is 0.547.